The number of phenolic OH excluding ortho intramolecular Hbond substituents is 1. The number of aryl methyl sites for hydroxylation is 1. The van der Waals surface area contributed by atoms with Gasteiger partial charge in [-0.05, 0) is 18.9 Å². The van der Waals surface area contributed by atoms with E-state index in [9.17, 15) is 5.11 Å². The maximum atomic E-state index is 9.68. The van der Waals surface area contributed by atoms with Crippen LogP contribution in [0.5, 0.6) is 5.75 Å². The Kier molecular flexibility index (Phi) is 5.28. The van der Waals surface area contributed by atoms with Crippen LogP contribution in [0.2, 0.25) is 0 Å². The van der Waals surface area contributed by atoms with Crippen molar-refractivity contribution in [2.45, 2.75) is 19.4 Å². The number of rotatable bonds is 3. The van der Waals surface area contributed by atoms with Crippen LogP contribution in [0.15, 0.2) is 30.9 Å². The largest absolute Gasteiger partial charge is 0.507 e. The summed E-state index contributed by atoms with van der Waals surface area (Å²) in [7, 11) is 0. The second-order valence-corrected chi connectivity index (χ2v) is 3.14. The van der Waals surface area contributed by atoms with Gasteiger partial charge in [0.2, 0.25) is 0 Å². The third kappa shape index (κ3) is 2.76. The summed E-state index contributed by atoms with van der Waals surface area (Å²) >= 11 is 0. The normalized spacial score (nSPS) is 11.6. The van der Waals surface area contributed by atoms with Gasteiger partial charge < -0.3 is 10.8 Å². The van der Waals surface area contributed by atoms with Crippen LogP contribution in [0.4, 0.5) is 0 Å². The minimum absolute atomic E-state index is 0. The van der Waals surface area contributed by atoms with Gasteiger partial charge in [-0.2, -0.15) is 0 Å². The number of halogens is 1. The summed E-state index contributed by atoms with van der Waals surface area (Å²) in [6, 6.07) is 5.45. The lowest BCUT2D eigenvalue weighted by atomic mass is 10.0. The number of para-hydroxylation sites is 1. The predicted octanol–water partition coefficient (Wildman–Crippen LogP) is 2.70. The van der Waals surface area contributed by atoms with E-state index in [1.165, 1.54) is 0 Å². The zero-order chi connectivity index (χ0) is 9.84. The highest BCUT2D eigenvalue weighted by atomic mass is 35.5. The summed E-state index contributed by atoms with van der Waals surface area (Å²) in [5.41, 5.74) is 7.49. The van der Waals surface area contributed by atoms with Crippen molar-refractivity contribution in [3.05, 3.63) is 42.0 Å². The third-order valence-electron chi connectivity index (χ3n) is 2.09. The lowest BCUT2D eigenvalue weighted by molar-refractivity contribution is 0.457. The van der Waals surface area contributed by atoms with Crippen molar-refractivity contribution in [3.63, 3.8) is 0 Å². The molecular formula is C11H16ClNO. The molecule has 0 saturated carbocycles. The molecule has 2 nitrogen and oxygen atoms in total. The lowest BCUT2D eigenvalue weighted by Crippen LogP contribution is -2.09. The average molecular weight is 214 g/mol. The van der Waals surface area contributed by atoms with E-state index in [-0.39, 0.29) is 18.4 Å². The van der Waals surface area contributed by atoms with Gasteiger partial charge in [0.1, 0.15) is 5.75 Å². The average Bonchev–Trinajstić information content (AvgIpc) is 2.10. The van der Waals surface area contributed by atoms with E-state index in [1.807, 2.05) is 25.1 Å². The number of nitrogens with two attached hydrogens (primary N) is 1. The van der Waals surface area contributed by atoms with Gasteiger partial charge in [-0.25, -0.2) is 0 Å². The molecule has 0 aliphatic rings. The molecule has 0 spiro atoms. The number of benzene rings is 1. The van der Waals surface area contributed by atoms with Crippen LogP contribution in [0, 0.1) is 6.92 Å². The highest BCUT2D eigenvalue weighted by Gasteiger charge is 2.09. The Morgan fingerprint density at radius 3 is 2.79 bits per heavy atom. The highest BCUT2D eigenvalue weighted by molar-refractivity contribution is 5.85. The molecule has 0 aromatic heterocycles. The van der Waals surface area contributed by atoms with Crippen LogP contribution >= 0.6 is 12.4 Å². The molecule has 0 unspecified atom stereocenters. The molecule has 0 radical (unpaired) electrons. The van der Waals surface area contributed by atoms with Crippen LogP contribution in [-0.2, 0) is 0 Å². The smallest absolute Gasteiger partial charge is 0.123 e. The van der Waals surface area contributed by atoms with Gasteiger partial charge in [-0.1, -0.05) is 24.3 Å². The number of aromatic hydroxyl groups is 1. The van der Waals surface area contributed by atoms with Crippen LogP contribution in [0.3, 0.4) is 0 Å². The Bertz CT molecular complexity index is 312. The zero-order valence-electron chi connectivity index (χ0n) is 8.23. The van der Waals surface area contributed by atoms with Crippen molar-refractivity contribution in [2.75, 3.05) is 0 Å². The molecule has 0 aliphatic heterocycles. The molecule has 0 aliphatic carbocycles. The second-order valence-electron chi connectivity index (χ2n) is 3.14. The number of hydrogen-bond acceptors (Lipinski definition) is 2. The van der Waals surface area contributed by atoms with Crippen LogP contribution in [0.1, 0.15) is 23.6 Å². The molecule has 1 rings (SSSR count). The molecule has 3 heteroatoms. The van der Waals surface area contributed by atoms with E-state index in [0.717, 1.165) is 11.1 Å². The number of phenols is 1. The maximum Gasteiger partial charge on any atom is 0.123 e. The predicted molar refractivity (Wildman–Crippen MR) is 61.8 cm³/mol. The monoisotopic (exact) mass is 213 g/mol. The highest BCUT2D eigenvalue weighted by Crippen LogP contribution is 2.27. The molecule has 14 heavy (non-hydrogen) atoms. The first-order chi connectivity index (χ1) is 6.16. The second kappa shape index (κ2) is 5.68. The van der Waals surface area contributed by atoms with E-state index in [4.69, 9.17) is 5.73 Å². The summed E-state index contributed by atoms with van der Waals surface area (Å²) < 4.78 is 0. The molecule has 0 amide bonds. The fourth-order valence-corrected chi connectivity index (χ4v) is 1.29. The molecule has 78 valence electrons. The van der Waals surface area contributed by atoms with Crippen molar-refractivity contribution < 1.29 is 5.11 Å². The molecule has 1 aromatic rings. The Morgan fingerprint density at radius 2 is 2.21 bits per heavy atom. The topological polar surface area (TPSA) is 46.2 Å². The maximum absolute atomic E-state index is 9.68. The van der Waals surface area contributed by atoms with Crippen molar-refractivity contribution in [1.29, 1.82) is 0 Å². The van der Waals surface area contributed by atoms with Gasteiger partial charge in [0.05, 0.1) is 0 Å². The Morgan fingerprint density at radius 1 is 1.57 bits per heavy atom. The number of hydrogen-bond donors (Lipinski definition) is 2. The zero-order valence-corrected chi connectivity index (χ0v) is 9.05. The summed E-state index contributed by atoms with van der Waals surface area (Å²) in [5, 5.41) is 9.68. The lowest BCUT2D eigenvalue weighted by Gasteiger charge is -2.12. The van der Waals surface area contributed by atoms with E-state index in [1.54, 1.807) is 6.08 Å². The van der Waals surface area contributed by atoms with Gasteiger partial charge in [-0.15, -0.1) is 19.0 Å². The summed E-state index contributed by atoms with van der Waals surface area (Å²) in [6.07, 6.45) is 2.43. The van der Waals surface area contributed by atoms with Crippen molar-refractivity contribution in [3.8, 4) is 5.75 Å². The Balaban J connectivity index is 0.00000169. The van der Waals surface area contributed by atoms with Crippen molar-refractivity contribution >= 4 is 12.4 Å². The van der Waals surface area contributed by atoms with Gasteiger partial charge in [-0.3, -0.25) is 0 Å². The molecular weight excluding hydrogens is 198 g/mol. The molecule has 3 N–H and O–H groups in total. The third-order valence-corrected chi connectivity index (χ3v) is 2.09. The summed E-state index contributed by atoms with van der Waals surface area (Å²) in [5.74, 6) is 0.303. The molecule has 0 bridgehead atoms. The minimum atomic E-state index is -0.155. The fraction of sp³-hybridized carbons (Fsp3) is 0.273. The van der Waals surface area contributed by atoms with E-state index < -0.39 is 0 Å². The quantitative estimate of drug-likeness (QED) is 0.759. The first-order valence-electron chi connectivity index (χ1n) is 4.31. The standard InChI is InChI=1S/C11H15NO.ClH/c1-3-5-10(12)9-7-4-6-8(2)11(9)13;/h3-4,6-7,10,13H,1,5,12H2,2H3;1H/t10-;/m0./s1. The first kappa shape index (κ1) is 13.0. The van der Waals surface area contributed by atoms with Gasteiger partial charge >= 0.3 is 0 Å². The fourth-order valence-electron chi connectivity index (χ4n) is 1.29. The van der Waals surface area contributed by atoms with Crippen LogP contribution in [0.25, 0.3) is 0 Å². The SMILES string of the molecule is C=CC[C@H](N)c1cccc(C)c1O.Cl. The van der Waals surface area contributed by atoms with Gasteiger partial charge in [0.15, 0.2) is 0 Å². The summed E-state index contributed by atoms with van der Waals surface area (Å²) in [4.78, 5) is 0. The summed E-state index contributed by atoms with van der Waals surface area (Å²) in [6.45, 7) is 5.48. The molecule has 1 aromatic carbocycles. The molecule has 1 atom stereocenters. The van der Waals surface area contributed by atoms with E-state index in [0.29, 0.717) is 12.2 Å². The van der Waals surface area contributed by atoms with E-state index >= 15 is 0 Å². The first-order valence-corrected chi connectivity index (χ1v) is 4.31. The minimum Gasteiger partial charge on any atom is -0.507 e. The molecule has 0 fully saturated rings. The van der Waals surface area contributed by atoms with Crippen LogP contribution in [-0.4, -0.2) is 5.11 Å². The van der Waals surface area contributed by atoms with E-state index in [2.05, 4.69) is 6.58 Å². The van der Waals surface area contributed by atoms with Crippen molar-refractivity contribution in [1.82, 2.24) is 0 Å². The Labute approximate surface area is 90.9 Å². The Hall–Kier alpha value is -0.990. The molecule has 0 heterocycles. The van der Waals surface area contributed by atoms with Gasteiger partial charge in [0.25, 0.3) is 0 Å². The van der Waals surface area contributed by atoms with Crippen LogP contribution < -0.4 is 5.73 Å². The molecule has 0 saturated heterocycles. The van der Waals surface area contributed by atoms with Crippen molar-refractivity contribution in [2.24, 2.45) is 5.73 Å². The van der Waals surface area contributed by atoms with Gasteiger partial charge in [0, 0.05) is 11.6 Å².